The molecule has 1 aromatic heterocycles. The largest absolute Gasteiger partial charge is 0.495 e. The predicted molar refractivity (Wildman–Crippen MR) is 111 cm³/mol. The van der Waals surface area contributed by atoms with Gasteiger partial charge in [-0.25, -0.2) is 0 Å². The number of nitrogens with zero attached hydrogens (tertiary/aromatic N) is 2. The molecule has 0 aliphatic heterocycles. The first-order valence-electron chi connectivity index (χ1n) is 9.08. The number of hydrogen-bond donors (Lipinski definition) is 0. The van der Waals surface area contributed by atoms with Crippen molar-refractivity contribution in [3.05, 3.63) is 46.8 Å². The first-order valence-corrected chi connectivity index (χ1v) is 9.90. The van der Waals surface area contributed by atoms with Gasteiger partial charge < -0.3 is 18.8 Å². The van der Waals surface area contributed by atoms with Crippen LogP contribution in [0.3, 0.4) is 0 Å². The molecular weight excluding hydrogens is 376 g/mol. The zero-order valence-electron chi connectivity index (χ0n) is 16.7. The van der Waals surface area contributed by atoms with E-state index in [1.54, 1.807) is 38.5 Å². The molecule has 0 saturated heterocycles. The van der Waals surface area contributed by atoms with Crippen molar-refractivity contribution in [2.75, 3.05) is 14.2 Å². The Morgan fingerprint density at radius 2 is 1.71 bits per heavy atom. The average molecular weight is 401 g/mol. The number of hydrogen-bond acceptors (Lipinski definition) is 5. The van der Waals surface area contributed by atoms with Gasteiger partial charge in [-0.05, 0) is 57.2 Å². The quantitative estimate of drug-likeness (QED) is 0.620. The number of amides is 1. The van der Waals surface area contributed by atoms with Crippen LogP contribution in [0.1, 0.15) is 31.1 Å². The summed E-state index contributed by atoms with van der Waals surface area (Å²) in [6.45, 7) is 6.58. The van der Waals surface area contributed by atoms with Crippen LogP contribution in [0.2, 0.25) is 0 Å². The first kappa shape index (κ1) is 19.9. The molecule has 0 N–H and O–H groups in total. The van der Waals surface area contributed by atoms with E-state index in [0.29, 0.717) is 16.9 Å². The lowest BCUT2D eigenvalue weighted by Crippen LogP contribution is -2.16. The number of rotatable bonds is 6. The number of fused-ring (bicyclic) bond motifs is 1. The maximum Gasteiger partial charge on any atom is 0.279 e. The Hall–Kier alpha value is -2.80. The highest BCUT2D eigenvalue weighted by atomic mass is 32.1. The van der Waals surface area contributed by atoms with Crippen molar-refractivity contribution in [2.24, 2.45) is 4.99 Å². The van der Waals surface area contributed by atoms with E-state index in [-0.39, 0.29) is 12.0 Å². The van der Waals surface area contributed by atoms with Gasteiger partial charge in [-0.1, -0.05) is 11.3 Å². The van der Waals surface area contributed by atoms with E-state index < -0.39 is 0 Å². The normalized spacial score (nSPS) is 11.9. The molecule has 28 heavy (non-hydrogen) atoms. The Balaban J connectivity index is 2.07. The molecule has 2 aromatic carbocycles. The van der Waals surface area contributed by atoms with Crippen molar-refractivity contribution in [1.82, 2.24) is 4.57 Å². The van der Waals surface area contributed by atoms with Crippen LogP contribution in [0.25, 0.3) is 10.2 Å². The minimum absolute atomic E-state index is 0.0817. The molecule has 0 bridgehead atoms. The minimum atomic E-state index is -0.303. The Kier molecular flexibility index (Phi) is 6.04. The van der Waals surface area contributed by atoms with Crippen molar-refractivity contribution < 1.29 is 19.0 Å². The van der Waals surface area contributed by atoms with E-state index >= 15 is 0 Å². The molecule has 0 spiro atoms. The van der Waals surface area contributed by atoms with E-state index in [1.165, 1.54) is 11.3 Å². The lowest BCUT2D eigenvalue weighted by molar-refractivity contribution is 0.0998. The van der Waals surface area contributed by atoms with E-state index in [0.717, 1.165) is 27.5 Å². The summed E-state index contributed by atoms with van der Waals surface area (Å²) in [5, 5.41) is 0. The van der Waals surface area contributed by atoms with Crippen molar-refractivity contribution in [3.63, 3.8) is 0 Å². The molecule has 0 aliphatic rings. The zero-order chi connectivity index (χ0) is 20.3. The first-order chi connectivity index (χ1) is 13.5. The van der Waals surface area contributed by atoms with E-state index in [4.69, 9.17) is 14.2 Å². The van der Waals surface area contributed by atoms with Crippen LogP contribution in [0.4, 0.5) is 0 Å². The highest BCUT2D eigenvalue weighted by Crippen LogP contribution is 2.35. The van der Waals surface area contributed by atoms with Crippen LogP contribution in [0.5, 0.6) is 17.2 Å². The molecule has 6 nitrogen and oxygen atoms in total. The van der Waals surface area contributed by atoms with Crippen molar-refractivity contribution in [3.8, 4) is 17.2 Å². The topological polar surface area (TPSA) is 62.1 Å². The number of ether oxygens (including phenoxy) is 3. The standard InChI is InChI=1S/C21H24N2O4S/c1-6-23-18-16(25-4)11-12-17(26-5)19(18)28-21(23)22-20(24)14-7-9-15(10-8-14)27-13(2)3/h7-13H,6H2,1-5H3. The highest BCUT2D eigenvalue weighted by Gasteiger charge is 2.16. The third-order valence-electron chi connectivity index (χ3n) is 4.18. The Morgan fingerprint density at radius 1 is 1.07 bits per heavy atom. The molecule has 0 unspecified atom stereocenters. The van der Waals surface area contributed by atoms with Gasteiger partial charge >= 0.3 is 0 Å². The van der Waals surface area contributed by atoms with Crippen LogP contribution in [0, 0.1) is 0 Å². The molecule has 3 rings (SSSR count). The van der Waals surface area contributed by atoms with Crippen molar-refractivity contribution in [2.45, 2.75) is 33.4 Å². The van der Waals surface area contributed by atoms with Crippen molar-refractivity contribution >= 4 is 27.5 Å². The second-order valence-electron chi connectivity index (χ2n) is 6.38. The number of carbonyl (C=O) groups excluding carboxylic acids is 1. The van der Waals surface area contributed by atoms with Crippen LogP contribution in [-0.4, -0.2) is 30.8 Å². The molecule has 0 saturated carbocycles. The number of thiazole rings is 1. The average Bonchev–Trinajstić information content (AvgIpc) is 3.05. The summed E-state index contributed by atoms with van der Waals surface area (Å²) >= 11 is 1.41. The summed E-state index contributed by atoms with van der Waals surface area (Å²) < 4.78 is 19.5. The van der Waals surface area contributed by atoms with Gasteiger partial charge in [0, 0.05) is 12.1 Å². The molecule has 1 amide bonds. The summed E-state index contributed by atoms with van der Waals surface area (Å²) in [5.41, 5.74) is 1.39. The molecule has 3 aromatic rings. The lowest BCUT2D eigenvalue weighted by Gasteiger charge is -2.09. The predicted octanol–water partition coefficient (Wildman–Crippen LogP) is 4.27. The molecule has 7 heteroatoms. The molecule has 0 fully saturated rings. The second kappa shape index (κ2) is 8.48. The Labute approximate surface area is 168 Å². The summed E-state index contributed by atoms with van der Waals surface area (Å²) in [5.74, 6) is 1.87. The fourth-order valence-corrected chi connectivity index (χ4v) is 4.13. The molecule has 0 atom stereocenters. The summed E-state index contributed by atoms with van der Waals surface area (Å²) in [6, 6.07) is 10.7. The SMILES string of the molecule is CCn1c(=NC(=O)c2ccc(OC(C)C)cc2)sc2c(OC)ccc(OC)c21. The zero-order valence-corrected chi connectivity index (χ0v) is 17.5. The number of aryl methyl sites for hydroxylation is 1. The van der Waals surface area contributed by atoms with Crippen LogP contribution in [0.15, 0.2) is 41.4 Å². The Morgan fingerprint density at radius 3 is 2.29 bits per heavy atom. The third kappa shape index (κ3) is 3.89. The fraction of sp³-hybridized carbons (Fsp3) is 0.333. The summed E-state index contributed by atoms with van der Waals surface area (Å²) in [4.78, 5) is 17.7. The molecule has 0 aliphatic carbocycles. The molecule has 1 heterocycles. The molecule has 0 radical (unpaired) electrons. The van der Waals surface area contributed by atoms with Gasteiger partial charge in [-0.2, -0.15) is 4.99 Å². The van der Waals surface area contributed by atoms with E-state index in [9.17, 15) is 4.79 Å². The van der Waals surface area contributed by atoms with Gasteiger partial charge in [-0.15, -0.1) is 0 Å². The third-order valence-corrected chi connectivity index (χ3v) is 5.27. The maximum absolute atomic E-state index is 12.7. The summed E-state index contributed by atoms with van der Waals surface area (Å²) in [7, 11) is 3.25. The van der Waals surface area contributed by atoms with Gasteiger partial charge in [0.05, 0.1) is 20.3 Å². The van der Waals surface area contributed by atoms with Gasteiger partial charge in [0.15, 0.2) is 4.80 Å². The number of aromatic nitrogens is 1. The van der Waals surface area contributed by atoms with Crippen molar-refractivity contribution in [1.29, 1.82) is 0 Å². The van der Waals surface area contributed by atoms with Crippen LogP contribution < -0.4 is 19.0 Å². The maximum atomic E-state index is 12.7. The summed E-state index contributed by atoms with van der Waals surface area (Å²) in [6.07, 6.45) is 0.0817. The minimum Gasteiger partial charge on any atom is -0.495 e. The van der Waals surface area contributed by atoms with Gasteiger partial charge in [0.1, 0.15) is 27.5 Å². The number of methoxy groups -OCH3 is 2. The fourth-order valence-electron chi connectivity index (χ4n) is 2.93. The smallest absolute Gasteiger partial charge is 0.279 e. The van der Waals surface area contributed by atoms with Gasteiger partial charge in [0.25, 0.3) is 5.91 Å². The van der Waals surface area contributed by atoms with Crippen LogP contribution >= 0.6 is 11.3 Å². The second-order valence-corrected chi connectivity index (χ2v) is 7.36. The number of carbonyl (C=O) groups is 1. The monoisotopic (exact) mass is 400 g/mol. The molecular formula is C21H24N2O4S. The Bertz CT molecular complexity index is 1050. The lowest BCUT2D eigenvalue weighted by atomic mass is 10.2. The molecule has 148 valence electrons. The van der Waals surface area contributed by atoms with Crippen LogP contribution in [-0.2, 0) is 6.54 Å². The van der Waals surface area contributed by atoms with Gasteiger partial charge in [-0.3, -0.25) is 4.79 Å². The highest BCUT2D eigenvalue weighted by molar-refractivity contribution is 7.16. The van der Waals surface area contributed by atoms with E-state index in [2.05, 4.69) is 4.99 Å². The number of benzene rings is 2. The van der Waals surface area contributed by atoms with E-state index in [1.807, 2.05) is 37.5 Å². The van der Waals surface area contributed by atoms with Gasteiger partial charge in [0.2, 0.25) is 0 Å².